The van der Waals surface area contributed by atoms with Crippen LogP contribution in [-0.2, 0) is 16.1 Å². The van der Waals surface area contributed by atoms with Gasteiger partial charge >= 0.3 is 5.97 Å². The van der Waals surface area contributed by atoms with Crippen LogP contribution >= 0.6 is 15.9 Å². The molecule has 0 saturated heterocycles. The van der Waals surface area contributed by atoms with Gasteiger partial charge in [0.25, 0.3) is 5.69 Å². The molecule has 0 aliphatic heterocycles. The lowest BCUT2D eigenvalue weighted by Crippen LogP contribution is -2.00. The molecule has 0 radical (unpaired) electrons. The van der Waals surface area contributed by atoms with Crippen molar-refractivity contribution >= 4 is 33.7 Å². The molecule has 146 valence electrons. The molecule has 0 atom stereocenters. The molecule has 2 rings (SSSR count). The molecular formula is C20H18BrNO6. The Labute approximate surface area is 170 Å². The molecular weight excluding hydrogens is 430 g/mol. The number of nitro groups is 1. The topological polar surface area (TPSA) is 87.9 Å². The number of methoxy groups -OCH3 is 1. The van der Waals surface area contributed by atoms with Gasteiger partial charge in [-0.1, -0.05) is 12.7 Å². The van der Waals surface area contributed by atoms with Crippen LogP contribution in [0.15, 0.2) is 59.6 Å². The number of ether oxygens (including phenoxy) is 3. The fourth-order valence-electron chi connectivity index (χ4n) is 2.20. The van der Waals surface area contributed by atoms with Crippen molar-refractivity contribution in [1.82, 2.24) is 0 Å². The average Bonchev–Trinajstić information content (AvgIpc) is 2.69. The van der Waals surface area contributed by atoms with Crippen molar-refractivity contribution in [3.05, 3.63) is 80.8 Å². The largest absolute Gasteiger partial charge is 0.493 e. The summed E-state index contributed by atoms with van der Waals surface area (Å²) in [6.07, 6.45) is 4.39. The molecule has 0 heterocycles. The van der Waals surface area contributed by atoms with Crippen LogP contribution in [0.25, 0.3) is 6.08 Å². The van der Waals surface area contributed by atoms with E-state index < -0.39 is 10.9 Å². The quantitative estimate of drug-likeness (QED) is 0.182. The van der Waals surface area contributed by atoms with Gasteiger partial charge in [-0.2, -0.15) is 0 Å². The zero-order chi connectivity index (χ0) is 20.5. The number of esters is 1. The number of non-ortho nitro benzene ring substituents is 1. The van der Waals surface area contributed by atoms with E-state index in [0.29, 0.717) is 21.5 Å². The Bertz CT molecular complexity index is 892. The molecule has 2 aromatic rings. The van der Waals surface area contributed by atoms with Crippen LogP contribution in [-0.4, -0.2) is 24.6 Å². The van der Waals surface area contributed by atoms with E-state index >= 15 is 0 Å². The molecule has 2 aromatic carbocycles. The second-order valence-electron chi connectivity index (χ2n) is 5.50. The van der Waals surface area contributed by atoms with E-state index in [2.05, 4.69) is 22.5 Å². The summed E-state index contributed by atoms with van der Waals surface area (Å²) in [5.41, 5.74) is 1.50. The van der Waals surface area contributed by atoms with Crippen molar-refractivity contribution < 1.29 is 23.9 Å². The highest BCUT2D eigenvalue weighted by Crippen LogP contribution is 2.37. The summed E-state index contributed by atoms with van der Waals surface area (Å²) < 4.78 is 16.7. The molecule has 0 aromatic heterocycles. The second-order valence-corrected chi connectivity index (χ2v) is 6.35. The lowest BCUT2D eigenvalue weighted by atomic mass is 10.2. The molecule has 7 nitrogen and oxygen atoms in total. The highest BCUT2D eigenvalue weighted by molar-refractivity contribution is 9.10. The third-order valence-corrected chi connectivity index (χ3v) is 4.13. The fraction of sp³-hybridized carbons (Fsp3) is 0.150. The van der Waals surface area contributed by atoms with E-state index in [0.717, 1.165) is 5.56 Å². The monoisotopic (exact) mass is 447 g/mol. The number of nitrogens with zero attached hydrogens (tertiary/aromatic N) is 1. The Morgan fingerprint density at radius 3 is 2.61 bits per heavy atom. The van der Waals surface area contributed by atoms with Gasteiger partial charge in [-0.15, -0.1) is 0 Å². The standard InChI is InChI=1S/C20H18BrNO6/c1-3-10-27-19(23)9-6-15-11-17(21)20(18(12-15)26-2)28-13-14-4-7-16(8-5-14)22(24)25/h3-9,11-12H,1,10,13H2,2H3/b9-6+. The van der Waals surface area contributed by atoms with Crippen LogP contribution in [0.1, 0.15) is 11.1 Å². The Morgan fingerprint density at radius 1 is 1.29 bits per heavy atom. The maximum Gasteiger partial charge on any atom is 0.331 e. The Kier molecular flexibility index (Phi) is 7.76. The molecule has 8 heteroatoms. The van der Waals surface area contributed by atoms with Crippen LogP contribution in [0.5, 0.6) is 11.5 Å². The highest BCUT2D eigenvalue weighted by Gasteiger charge is 2.12. The van der Waals surface area contributed by atoms with E-state index in [1.807, 2.05) is 0 Å². The first-order valence-corrected chi connectivity index (χ1v) is 8.93. The smallest absolute Gasteiger partial charge is 0.331 e. The Morgan fingerprint density at radius 2 is 2.00 bits per heavy atom. The molecule has 28 heavy (non-hydrogen) atoms. The maximum absolute atomic E-state index is 11.5. The fourth-order valence-corrected chi connectivity index (χ4v) is 2.77. The zero-order valence-corrected chi connectivity index (χ0v) is 16.7. The van der Waals surface area contributed by atoms with Crippen LogP contribution in [0.2, 0.25) is 0 Å². The minimum absolute atomic E-state index is 0.0188. The molecule has 0 aliphatic rings. The molecule has 0 saturated carbocycles. The molecule has 0 amide bonds. The van der Waals surface area contributed by atoms with Gasteiger partial charge in [-0.25, -0.2) is 4.79 Å². The summed E-state index contributed by atoms with van der Waals surface area (Å²) in [6.45, 7) is 3.83. The minimum atomic E-state index is -0.478. The predicted octanol–water partition coefficient (Wildman–Crippen LogP) is 4.69. The van der Waals surface area contributed by atoms with Gasteiger partial charge in [0.05, 0.1) is 16.5 Å². The zero-order valence-electron chi connectivity index (χ0n) is 15.1. The number of carbonyl (C=O) groups excluding carboxylic acids is 1. The molecule has 0 fully saturated rings. The van der Waals surface area contributed by atoms with E-state index in [1.165, 1.54) is 31.4 Å². The normalized spacial score (nSPS) is 10.5. The van der Waals surface area contributed by atoms with Gasteiger partial charge in [-0.05, 0) is 57.4 Å². The van der Waals surface area contributed by atoms with Crippen LogP contribution in [0.3, 0.4) is 0 Å². The van der Waals surface area contributed by atoms with Crippen molar-refractivity contribution in [2.24, 2.45) is 0 Å². The number of rotatable bonds is 9. The van der Waals surface area contributed by atoms with E-state index in [-0.39, 0.29) is 18.9 Å². The summed E-state index contributed by atoms with van der Waals surface area (Å²) in [5, 5.41) is 10.7. The van der Waals surface area contributed by atoms with E-state index in [9.17, 15) is 14.9 Å². The van der Waals surface area contributed by atoms with Gasteiger partial charge in [0.1, 0.15) is 13.2 Å². The molecule has 0 spiro atoms. The summed E-state index contributed by atoms with van der Waals surface area (Å²) in [5.74, 6) is 0.469. The van der Waals surface area contributed by atoms with Crippen molar-refractivity contribution in [1.29, 1.82) is 0 Å². The van der Waals surface area contributed by atoms with Crippen LogP contribution in [0.4, 0.5) is 5.69 Å². The number of hydrogen-bond acceptors (Lipinski definition) is 6. The van der Waals surface area contributed by atoms with Gasteiger partial charge in [0.2, 0.25) is 0 Å². The summed E-state index contributed by atoms with van der Waals surface area (Å²) >= 11 is 3.43. The predicted molar refractivity (Wildman–Crippen MR) is 108 cm³/mol. The van der Waals surface area contributed by atoms with E-state index in [4.69, 9.17) is 14.2 Å². The molecule has 0 aliphatic carbocycles. The maximum atomic E-state index is 11.5. The molecule has 0 bridgehead atoms. The second kappa shape index (κ2) is 10.3. The number of benzene rings is 2. The first-order chi connectivity index (χ1) is 13.4. The Hall–Kier alpha value is -3.13. The van der Waals surface area contributed by atoms with Gasteiger partial charge < -0.3 is 14.2 Å². The van der Waals surface area contributed by atoms with Crippen molar-refractivity contribution in [3.8, 4) is 11.5 Å². The third-order valence-electron chi connectivity index (χ3n) is 3.54. The van der Waals surface area contributed by atoms with Crippen LogP contribution in [0, 0.1) is 10.1 Å². The number of halogens is 1. The lowest BCUT2D eigenvalue weighted by Gasteiger charge is -2.13. The van der Waals surface area contributed by atoms with Gasteiger partial charge in [0.15, 0.2) is 11.5 Å². The average molecular weight is 448 g/mol. The first-order valence-electron chi connectivity index (χ1n) is 8.14. The molecule has 0 unspecified atom stereocenters. The summed E-state index contributed by atoms with van der Waals surface area (Å²) in [7, 11) is 1.51. The van der Waals surface area contributed by atoms with Gasteiger partial charge in [0, 0.05) is 18.2 Å². The minimum Gasteiger partial charge on any atom is -0.493 e. The van der Waals surface area contributed by atoms with Crippen LogP contribution < -0.4 is 9.47 Å². The summed E-state index contributed by atoms with van der Waals surface area (Å²) in [6, 6.07) is 9.59. The number of nitro benzene ring substituents is 1. The number of carbonyl (C=O) groups is 1. The van der Waals surface area contributed by atoms with Crippen molar-refractivity contribution in [3.63, 3.8) is 0 Å². The first kappa shape index (κ1) is 21.2. The van der Waals surface area contributed by atoms with Crippen molar-refractivity contribution in [2.45, 2.75) is 6.61 Å². The lowest BCUT2D eigenvalue weighted by molar-refractivity contribution is -0.384. The summed E-state index contributed by atoms with van der Waals surface area (Å²) in [4.78, 5) is 21.8. The SMILES string of the molecule is C=CCOC(=O)/C=C/c1cc(Br)c(OCc2ccc([N+](=O)[O-])cc2)c(OC)c1. The van der Waals surface area contributed by atoms with Gasteiger partial charge in [-0.3, -0.25) is 10.1 Å². The molecule has 0 N–H and O–H groups in total. The number of hydrogen-bond donors (Lipinski definition) is 0. The Balaban J connectivity index is 2.12. The van der Waals surface area contributed by atoms with Crippen molar-refractivity contribution in [2.75, 3.05) is 13.7 Å². The van der Waals surface area contributed by atoms with E-state index in [1.54, 1.807) is 30.3 Å². The third kappa shape index (κ3) is 5.95. The highest BCUT2D eigenvalue weighted by atomic mass is 79.9.